The van der Waals surface area contributed by atoms with Gasteiger partial charge in [-0.3, -0.25) is 0 Å². The molecule has 0 radical (unpaired) electrons. The summed E-state index contributed by atoms with van der Waals surface area (Å²) in [6.45, 7) is 1.96. The van der Waals surface area contributed by atoms with E-state index in [9.17, 15) is 8.42 Å². The number of fused-ring (bicyclic) bond motifs is 2. The van der Waals surface area contributed by atoms with Gasteiger partial charge in [-0.1, -0.05) is 6.92 Å². The van der Waals surface area contributed by atoms with E-state index in [1.165, 1.54) is 0 Å². The van der Waals surface area contributed by atoms with Gasteiger partial charge in [0.2, 0.25) is 9.84 Å². The summed E-state index contributed by atoms with van der Waals surface area (Å²) in [6, 6.07) is 0. The second kappa shape index (κ2) is 1.85. The first kappa shape index (κ1) is 6.85. The van der Waals surface area contributed by atoms with Gasteiger partial charge in [-0.05, 0) is 30.2 Å². The average Bonchev–Trinajstić information content (AvgIpc) is 2.40. The predicted molar refractivity (Wildman–Crippen MR) is 43.5 cm³/mol. The Morgan fingerprint density at radius 2 is 2.09 bits per heavy atom. The van der Waals surface area contributed by atoms with Gasteiger partial charge >= 0.3 is 0 Å². The van der Waals surface area contributed by atoms with Crippen LogP contribution in [0.2, 0.25) is 0 Å². The Balaban J connectivity index is 2.74. The van der Waals surface area contributed by atoms with Gasteiger partial charge in [0.05, 0.1) is 9.81 Å². The molecule has 0 atom stereocenters. The molecule has 0 aromatic carbocycles. The van der Waals surface area contributed by atoms with Gasteiger partial charge in [0.15, 0.2) is 0 Å². The summed E-state index contributed by atoms with van der Waals surface area (Å²) in [5.74, 6) is 0. The molecule has 2 bridgehead atoms. The first-order valence-electron chi connectivity index (χ1n) is 3.54. The summed E-state index contributed by atoms with van der Waals surface area (Å²) < 4.78 is 22.7. The van der Waals surface area contributed by atoms with Crippen LogP contribution in [0.25, 0.3) is 0 Å². The molecule has 0 aromatic heterocycles. The highest BCUT2D eigenvalue weighted by Crippen LogP contribution is 2.38. The van der Waals surface area contributed by atoms with Crippen molar-refractivity contribution in [2.45, 2.75) is 13.3 Å². The number of hydrogen-bond acceptors (Lipinski definition) is 2. The molecular formula is C8H8O2S. The van der Waals surface area contributed by atoms with E-state index >= 15 is 0 Å². The first-order chi connectivity index (χ1) is 5.16. The maximum Gasteiger partial charge on any atom is 0.206 e. The van der Waals surface area contributed by atoms with E-state index < -0.39 is 9.84 Å². The molecule has 2 heterocycles. The van der Waals surface area contributed by atoms with E-state index in [1.807, 2.05) is 6.92 Å². The molecule has 3 heteroatoms. The van der Waals surface area contributed by atoms with Crippen LogP contribution in [0.1, 0.15) is 13.3 Å². The third-order valence-corrected chi connectivity index (χ3v) is 3.86. The maximum absolute atomic E-state index is 11.3. The summed E-state index contributed by atoms with van der Waals surface area (Å²) in [7, 11) is -3.02. The lowest BCUT2D eigenvalue weighted by Gasteiger charge is -1.94. The summed E-state index contributed by atoms with van der Waals surface area (Å²) >= 11 is 0. The molecule has 2 rings (SSSR count). The molecule has 0 aromatic rings. The fourth-order valence-corrected chi connectivity index (χ4v) is 2.98. The van der Waals surface area contributed by atoms with Gasteiger partial charge in [0.1, 0.15) is 0 Å². The fourth-order valence-electron chi connectivity index (χ4n) is 1.39. The molecule has 0 fully saturated rings. The van der Waals surface area contributed by atoms with Crippen LogP contribution in [0.15, 0.2) is 33.6 Å². The van der Waals surface area contributed by atoms with Crippen LogP contribution in [-0.2, 0) is 9.84 Å². The normalized spacial score (nSPS) is 24.6. The lowest BCUT2D eigenvalue weighted by Crippen LogP contribution is -1.93. The third-order valence-electron chi connectivity index (χ3n) is 2.01. The van der Waals surface area contributed by atoms with Crippen molar-refractivity contribution in [1.29, 1.82) is 0 Å². The number of hydrogen-bond donors (Lipinski definition) is 0. The van der Waals surface area contributed by atoms with Crippen molar-refractivity contribution in [2.75, 3.05) is 0 Å². The average molecular weight is 168 g/mol. The topological polar surface area (TPSA) is 34.1 Å². The van der Waals surface area contributed by atoms with Crippen molar-refractivity contribution in [1.82, 2.24) is 0 Å². The zero-order valence-electron chi connectivity index (χ0n) is 6.16. The van der Waals surface area contributed by atoms with Gasteiger partial charge in [-0.15, -0.1) is 0 Å². The lowest BCUT2D eigenvalue weighted by atomic mass is 10.1. The van der Waals surface area contributed by atoms with Crippen molar-refractivity contribution in [3.05, 3.63) is 33.6 Å². The van der Waals surface area contributed by atoms with Gasteiger partial charge in [0, 0.05) is 0 Å². The van der Waals surface area contributed by atoms with E-state index in [1.54, 1.807) is 18.2 Å². The maximum atomic E-state index is 11.3. The highest BCUT2D eigenvalue weighted by Gasteiger charge is 2.32. The van der Waals surface area contributed by atoms with Gasteiger partial charge < -0.3 is 0 Å². The SMILES string of the molecule is CCC1=C2C=CC(=C1)S2(=O)=O. The van der Waals surface area contributed by atoms with Gasteiger partial charge in [-0.2, -0.15) is 0 Å². The molecule has 11 heavy (non-hydrogen) atoms. The van der Waals surface area contributed by atoms with Crippen LogP contribution in [0.5, 0.6) is 0 Å². The molecule has 58 valence electrons. The van der Waals surface area contributed by atoms with Crippen molar-refractivity contribution in [3.63, 3.8) is 0 Å². The zero-order chi connectivity index (χ0) is 8.06. The standard InChI is InChI=1S/C8H8O2S/c1-2-6-5-7-3-4-8(6)11(7,9)10/h3-5H,2H2,1H3. The Morgan fingerprint density at radius 1 is 1.36 bits per heavy atom. The third kappa shape index (κ3) is 0.688. The largest absolute Gasteiger partial charge is 0.219 e. The van der Waals surface area contributed by atoms with E-state index in [2.05, 4.69) is 0 Å². The van der Waals surface area contributed by atoms with E-state index in [4.69, 9.17) is 0 Å². The molecule has 2 aliphatic rings. The van der Waals surface area contributed by atoms with Crippen molar-refractivity contribution in [2.24, 2.45) is 0 Å². The lowest BCUT2D eigenvalue weighted by molar-refractivity contribution is 0.611. The second-order valence-corrected chi connectivity index (χ2v) is 4.54. The summed E-state index contributed by atoms with van der Waals surface area (Å²) in [6.07, 6.45) is 5.89. The molecule has 0 spiro atoms. The Bertz CT molecular complexity index is 394. The summed E-state index contributed by atoms with van der Waals surface area (Å²) in [5, 5.41) is 0. The van der Waals surface area contributed by atoms with Crippen LogP contribution in [0.3, 0.4) is 0 Å². The Kier molecular flexibility index (Phi) is 1.16. The molecular weight excluding hydrogens is 160 g/mol. The summed E-state index contributed by atoms with van der Waals surface area (Å²) in [4.78, 5) is 0.972. The van der Waals surface area contributed by atoms with Crippen molar-refractivity contribution in [3.8, 4) is 0 Å². The van der Waals surface area contributed by atoms with Gasteiger partial charge in [0.25, 0.3) is 0 Å². The minimum atomic E-state index is -3.02. The zero-order valence-corrected chi connectivity index (χ0v) is 6.98. The molecule has 2 aliphatic heterocycles. The Morgan fingerprint density at radius 3 is 2.36 bits per heavy atom. The van der Waals surface area contributed by atoms with Crippen LogP contribution in [0.4, 0.5) is 0 Å². The minimum absolute atomic E-state index is 0.462. The molecule has 0 aliphatic carbocycles. The van der Waals surface area contributed by atoms with E-state index in [-0.39, 0.29) is 0 Å². The fraction of sp³-hybridized carbons (Fsp3) is 0.250. The molecule has 0 unspecified atom stereocenters. The second-order valence-electron chi connectivity index (χ2n) is 2.63. The molecule has 0 saturated heterocycles. The van der Waals surface area contributed by atoms with E-state index in [0.29, 0.717) is 9.81 Å². The smallest absolute Gasteiger partial charge is 0.206 e. The van der Waals surface area contributed by atoms with Crippen LogP contribution < -0.4 is 0 Å². The Hall–Kier alpha value is -0.830. The molecule has 0 saturated carbocycles. The van der Waals surface area contributed by atoms with Gasteiger partial charge in [-0.25, -0.2) is 8.42 Å². The first-order valence-corrected chi connectivity index (χ1v) is 5.02. The molecule has 0 N–H and O–H groups in total. The number of sulfone groups is 1. The van der Waals surface area contributed by atoms with E-state index in [0.717, 1.165) is 12.0 Å². The molecule has 0 amide bonds. The summed E-state index contributed by atoms with van der Waals surface area (Å²) in [5.41, 5.74) is 0.947. The van der Waals surface area contributed by atoms with Crippen LogP contribution in [-0.4, -0.2) is 8.42 Å². The quantitative estimate of drug-likeness (QED) is 0.595. The predicted octanol–water partition coefficient (Wildman–Crippen LogP) is 1.53. The highest BCUT2D eigenvalue weighted by atomic mass is 32.2. The van der Waals surface area contributed by atoms with Crippen LogP contribution in [0, 0.1) is 0 Å². The minimum Gasteiger partial charge on any atom is -0.219 e. The van der Waals surface area contributed by atoms with Crippen LogP contribution >= 0.6 is 0 Å². The number of rotatable bonds is 1. The van der Waals surface area contributed by atoms with Crippen molar-refractivity contribution < 1.29 is 8.42 Å². The Labute approximate surface area is 65.8 Å². The molecule has 2 nitrogen and oxygen atoms in total. The highest BCUT2D eigenvalue weighted by molar-refractivity contribution is 8.00. The number of allylic oxidation sites excluding steroid dienone is 4. The monoisotopic (exact) mass is 168 g/mol. The van der Waals surface area contributed by atoms with Crippen molar-refractivity contribution >= 4 is 9.84 Å².